The van der Waals surface area contributed by atoms with E-state index >= 15 is 0 Å². The minimum atomic E-state index is -1.46. The van der Waals surface area contributed by atoms with Gasteiger partial charge in [0.15, 0.2) is 0 Å². The van der Waals surface area contributed by atoms with Crippen molar-refractivity contribution in [1.29, 1.82) is 0 Å². The van der Waals surface area contributed by atoms with Gasteiger partial charge in [0, 0.05) is 12.1 Å². The molecular formula is C15H15N5O. The molecule has 1 aliphatic rings. The Hall–Kier alpha value is -2.57. The van der Waals surface area contributed by atoms with Gasteiger partial charge in [0.25, 0.3) is 11.8 Å². The molecule has 0 saturated heterocycles. The molecule has 0 atom stereocenters. The lowest BCUT2D eigenvalue weighted by Gasteiger charge is -2.18. The number of para-hydroxylation sites is 2. The van der Waals surface area contributed by atoms with E-state index in [1.807, 2.05) is 18.2 Å². The molecule has 1 heterocycles. The van der Waals surface area contributed by atoms with E-state index in [0.29, 0.717) is 22.8 Å². The zero-order valence-electron chi connectivity index (χ0n) is 11.3. The van der Waals surface area contributed by atoms with E-state index in [0.717, 1.165) is 5.56 Å². The SMILES string of the molecule is NCc1cccc(C(=O)NC2(N)N=c3ccccc3=N2)c1. The van der Waals surface area contributed by atoms with Crippen molar-refractivity contribution in [1.82, 2.24) is 5.32 Å². The number of amides is 1. The van der Waals surface area contributed by atoms with Gasteiger partial charge in [-0.1, -0.05) is 24.3 Å². The maximum absolute atomic E-state index is 12.3. The van der Waals surface area contributed by atoms with Crippen molar-refractivity contribution in [2.75, 3.05) is 0 Å². The third-order valence-electron chi connectivity index (χ3n) is 3.19. The van der Waals surface area contributed by atoms with Crippen LogP contribution < -0.4 is 27.5 Å². The molecular weight excluding hydrogens is 266 g/mol. The summed E-state index contributed by atoms with van der Waals surface area (Å²) < 4.78 is 0. The van der Waals surface area contributed by atoms with Gasteiger partial charge in [-0.2, -0.15) is 0 Å². The van der Waals surface area contributed by atoms with Crippen molar-refractivity contribution >= 4 is 5.91 Å². The summed E-state index contributed by atoms with van der Waals surface area (Å²) in [4.78, 5) is 20.8. The van der Waals surface area contributed by atoms with Crippen LogP contribution in [0, 0.1) is 0 Å². The Labute approximate surface area is 121 Å². The van der Waals surface area contributed by atoms with Crippen molar-refractivity contribution in [3.63, 3.8) is 0 Å². The number of benzene rings is 2. The third kappa shape index (κ3) is 2.67. The minimum Gasteiger partial charge on any atom is -0.326 e. The molecule has 1 aliphatic heterocycles. The Bertz CT molecular complexity index is 780. The molecule has 0 spiro atoms. The first-order chi connectivity index (χ1) is 10.1. The molecule has 0 saturated carbocycles. The number of carbonyl (C=O) groups is 1. The molecule has 0 bridgehead atoms. The molecule has 0 fully saturated rings. The van der Waals surface area contributed by atoms with Gasteiger partial charge in [0.05, 0.1) is 10.7 Å². The molecule has 1 amide bonds. The lowest BCUT2D eigenvalue weighted by Crippen LogP contribution is -2.52. The molecule has 21 heavy (non-hydrogen) atoms. The number of carbonyl (C=O) groups excluding carboxylic acids is 1. The molecule has 0 aliphatic carbocycles. The van der Waals surface area contributed by atoms with Gasteiger partial charge in [-0.3, -0.25) is 15.8 Å². The number of hydrogen-bond donors (Lipinski definition) is 3. The van der Waals surface area contributed by atoms with Crippen molar-refractivity contribution in [3.8, 4) is 0 Å². The lowest BCUT2D eigenvalue weighted by molar-refractivity contribution is 0.0907. The van der Waals surface area contributed by atoms with Crippen molar-refractivity contribution in [3.05, 3.63) is 70.4 Å². The average molecular weight is 281 g/mol. The zero-order valence-corrected chi connectivity index (χ0v) is 11.3. The summed E-state index contributed by atoms with van der Waals surface area (Å²) in [5.41, 5.74) is 12.9. The van der Waals surface area contributed by atoms with Crippen LogP contribution in [0.5, 0.6) is 0 Å². The molecule has 106 valence electrons. The fraction of sp³-hybridized carbons (Fsp3) is 0.133. The highest BCUT2D eigenvalue weighted by Crippen LogP contribution is 2.08. The first kappa shape index (κ1) is 13.4. The number of nitrogens with two attached hydrogens (primary N) is 2. The summed E-state index contributed by atoms with van der Waals surface area (Å²) in [5.74, 6) is -1.80. The van der Waals surface area contributed by atoms with Crippen molar-refractivity contribution < 1.29 is 4.79 Å². The minimum absolute atomic E-state index is 0.340. The molecule has 0 radical (unpaired) electrons. The molecule has 6 heteroatoms. The number of rotatable bonds is 3. The molecule has 2 aromatic carbocycles. The second-order valence-electron chi connectivity index (χ2n) is 4.80. The van der Waals surface area contributed by atoms with Gasteiger partial charge < -0.3 is 5.73 Å². The Morgan fingerprint density at radius 3 is 2.38 bits per heavy atom. The highest BCUT2D eigenvalue weighted by atomic mass is 16.2. The van der Waals surface area contributed by atoms with E-state index in [-0.39, 0.29) is 5.91 Å². The van der Waals surface area contributed by atoms with E-state index in [1.54, 1.807) is 30.3 Å². The third-order valence-corrected chi connectivity index (χ3v) is 3.19. The van der Waals surface area contributed by atoms with Gasteiger partial charge in [0.1, 0.15) is 0 Å². The number of nitrogens with one attached hydrogen (secondary N) is 1. The van der Waals surface area contributed by atoms with Gasteiger partial charge in [-0.25, -0.2) is 9.98 Å². The summed E-state index contributed by atoms with van der Waals surface area (Å²) in [6.45, 7) is 0.370. The first-order valence-corrected chi connectivity index (χ1v) is 6.55. The van der Waals surface area contributed by atoms with Crippen LogP contribution in [0.1, 0.15) is 15.9 Å². The molecule has 3 rings (SSSR count). The summed E-state index contributed by atoms with van der Waals surface area (Å²) in [7, 11) is 0. The van der Waals surface area contributed by atoms with Crippen LogP contribution in [-0.4, -0.2) is 11.8 Å². The summed E-state index contributed by atoms with van der Waals surface area (Å²) in [6, 6.07) is 14.3. The standard InChI is InChI=1S/C15H15N5O/c16-9-10-4-3-5-11(8-10)14(21)20-15(17)18-12-6-1-2-7-13(12)19-15/h1-8H,9,16-17H2,(H,20,21). The van der Waals surface area contributed by atoms with Crippen molar-refractivity contribution in [2.45, 2.75) is 12.5 Å². The number of fused-ring (bicyclic) bond motifs is 1. The largest absolute Gasteiger partial charge is 0.326 e. The first-order valence-electron chi connectivity index (χ1n) is 6.55. The van der Waals surface area contributed by atoms with Crippen LogP contribution in [0.4, 0.5) is 0 Å². The maximum atomic E-state index is 12.3. The Morgan fingerprint density at radius 2 is 1.76 bits per heavy atom. The summed E-state index contributed by atoms with van der Waals surface area (Å²) in [5, 5.41) is 3.96. The van der Waals surface area contributed by atoms with Crippen LogP contribution in [0.2, 0.25) is 0 Å². The highest BCUT2D eigenvalue weighted by Gasteiger charge is 2.28. The van der Waals surface area contributed by atoms with Gasteiger partial charge in [-0.05, 0) is 29.8 Å². The number of hydrogen-bond acceptors (Lipinski definition) is 5. The molecule has 0 unspecified atom stereocenters. The molecule has 6 nitrogen and oxygen atoms in total. The molecule has 2 aromatic rings. The van der Waals surface area contributed by atoms with E-state index in [1.165, 1.54) is 0 Å². The topological polar surface area (TPSA) is 106 Å². The maximum Gasteiger partial charge on any atom is 0.287 e. The Balaban J connectivity index is 1.87. The second kappa shape index (κ2) is 5.08. The van der Waals surface area contributed by atoms with Crippen molar-refractivity contribution in [2.24, 2.45) is 21.5 Å². The predicted molar refractivity (Wildman–Crippen MR) is 77.5 cm³/mol. The molecule has 5 N–H and O–H groups in total. The Kier molecular flexibility index (Phi) is 3.25. The van der Waals surface area contributed by atoms with Gasteiger partial charge in [-0.15, -0.1) is 0 Å². The van der Waals surface area contributed by atoms with Crippen LogP contribution in [0.25, 0.3) is 0 Å². The fourth-order valence-corrected chi connectivity index (χ4v) is 2.18. The van der Waals surface area contributed by atoms with Gasteiger partial charge >= 0.3 is 0 Å². The highest BCUT2D eigenvalue weighted by molar-refractivity contribution is 5.94. The smallest absolute Gasteiger partial charge is 0.287 e. The van der Waals surface area contributed by atoms with E-state index < -0.39 is 5.91 Å². The van der Waals surface area contributed by atoms with E-state index in [4.69, 9.17) is 11.5 Å². The van der Waals surface area contributed by atoms with Crippen LogP contribution >= 0.6 is 0 Å². The van der Waals surface area contributed by atoms with Crippen LogP contribution in [0.3, 0.4) is 0 Å². The summed E-state index contributed by atoms with van der Waals surface area (Å²) >= 11 is 0. The second-order valence-corrected chi connectivity index (χ2v) is 4.80. The van der Waals surface area contributed by atoms with Crippen LogP contribution in [0.15, 0.2) is 58.5 Å². The Morgan fingerprint density at radius 1 is 1.10 bits per heavy atom. The molecule has 0 aromatic heterocycles. The zero-order chi connectivity index (χ0) is 14.9. The fourth-order valence-electron chi connectivity index (χ4n) is 2.18. The van der Waals surface area contributed by atoms with E-state index in [2.05, 4.69) is 15.3 Å². The monoisotopic (exact) mass is 281 g/mol. The number of nitrogens with zero attached hydrogens (tertiary/aromatic N) is 2. The average Bonchev–Trinajstić information content (AvgIpc) is 2.82. The van der Waals surface area contributed by atoms with Gasteiger partial charge in [0.2, 0.25) is 0 Å². The van der Waals surface area contributed by atoms with E-state index in [9.17, 15) is 4.79 Å². The summed E-state index contributed by atoms with van der Waals surface area (Å²) in [6.07, 6.45) is 0. The predicted octanol–water partition coefficient (Wildman–Crippen LogP) is -0.602. The quantitative estimate of drug-likeness (QED) is 0.654. The van der Waals surface area contributed by atoms with Crippen LogP contribution in [-0.2, 0) is 6.54 Å². The lowest BCUT2D eigenvalue weighted by atomic mass is 10.1. The normalized spacial score (nSPS) is 14.8.